The molecule has 0 spiro atoms. The number of carbonyl (C=O) groups is 1. The van der Waals surface area contributed by atoms with Gasteiger partial charge in [0.1, 0.15) is 17.2 Å². The standard InChI is InChI=1S/C17H26N2O4/c1-11(12-9-18-10-12)17(20)19-6-5-14-15(22-3)7-13(21-2)8-16(14)23-4/h7-8,11-12,18H,5-6,9-10H2,1-4H3,(H,19,20). The molecule has 0 aromatic heterocycles. The largest absolute Gasteiger partial charge is 0.496 e. The number of rotatable bonds is 8. The van der Waals surface area contributed by atoms with E-state index in [4.69, 9.17) is 14.2 Å². The van der Waals surface area contributed by atoms with Crippen LogP contribution < -0.4 is 24.8 Å². The summed E-state index contributed by atoms with van der Waals surface area (Å²) >= 11 is 0. The minimum absolute atomic E-state index is 0.0379. The lowest BCUT2D eigenvalue weighted by molar-refractivity contribution is -0.126. The van der Waals surface area contributed by atoms with Gasteiger partial charge in [0.05, 0.1) is 21.3 Å². The lowest BCUT2D eigenvalue weighted by atomic mass is 9.88. The Morgan fingerprint density at radius 1 is 1.22 bits per heavy atom. The Morgan fingerprint density at radius 2 is 1.83 bits per heavy atom. The fraction of sp³-hybridized carbons (Fsp3) is 0.588. The van der Waals surface area contributed by atoms with Gasteiger partial charge in [0, 0.05) is 30.2 Å². The maximum atomic E-state index is 12.2. The van der Waals surface area contributed by atoms with E-state index in [1.807, 2.05) is 19.1 Å². The second-order valence-corrected chi connectivity index (χ2v) is 5.76. The zero-order chi connectivity index (χ0) is 16.8. The zero-order valence-electron chi connectivity index (χ0n) is 14.3. The van der Waals surface area contributed by atoms with Crippen LogP contribution in [0.2, 0.25) is 0 Å². The normalized spacial score (nSPS) is 15.5. The predicted octanol–water partition coefficient (Wildman–Crippen LogP) is 1.23. The van der Waals surface area contributed by atoms with E-state index >= 15 is 0 Å². The van der Waals surface area contributed by atoms with E-state index in [1.54, 1.807) is 21.3 Å². The van der Waals surface area contributed by atoms with E-state index < -0.39 is 0 Å². The summed E-state index contributed by atoms with van der Waals surface area (Å²) < 4.78 is 16.1. The number of hydrogen-bond acceptors (Lipinski definition) is 5. The highest BCUT2D eigenvalue weighted by Gasteiger charge is 2.28. The molecule has 1 amide bonds. The average Bonchev–Trinajstić information content (AvgIpc) is 2.52. The van der Waals surface area contributed by atoms with Crippen LogP contribution in [-0.2, 0) is 11.2 Å². The van der Waals surface area contributed by atoms with Crippen molar-refractivity contribution in [3.05, 3.63) is 17.7 Å². The Kier molecular flexibility index (Phi) is 6.10. The molecule has 128 valence electrons. The molecule has 1 fully saturated rings. The van der Waals surface area contributed by atoms with Crippen molar-refractivity contribution in [3.63, 3.8) is 0 Å². The maximum absolute atomic E-state index is 12.2. The van der Waals surface area contributed by atoms with Crippen LogP contribution in [0.3, 0.4) is 0 Å². The SMILES string of the molecule is COc1cc(OC)c(CCNC(=O)C(C)C2CNC2)c(OC)c1. The molecule has 23 heavy (non-hydrogen) atoms. The number of methoxy groups -OCH3 is 3. The Bertz CT molecular complexity index is 518. The van der Waals surface area contributed by atoms with E-state index in [-0.39, 0.29) is 11.8 Å². The van der Waals surface area contributed by atoms with Crippen molar-refractivity contribution in [1.82, 2.24) is 10.6 Å². The number of ether oxygens (including phenoxy) is 3. The molecule has 0 bridgehead atoms. The van der Waals surface area contributed by atoms with Crippen LogP contribution in [0.4, 0.5) is 0 Å². The summed E-state index contributed by atoms with van der Waals surface area (Å²) in [4.78, 5) is 12.2. The summed E-state index contributed by atoms with van der Waals surface area (Å²) in [6.45, 7) is 4.38. The molecule has 0 saturated carbocycles. The molecule has 2 N–H and O–H groups in total. The third kappa shape index (κ3) is 4.07. The van der Waals surface area contributed by atoms with E-state index in [0.717, 1.165) is 18.7 Å². The van der Waals surface area contributed by atoms with Gasteiger partial charge in [-0.2, -0.15) is 0 Å². The highest BCUT2D eigenvalue weighted by atomic mass is 16.5. The van der Waals surface area contributed by atoms with Gasteiger partial charge in [0.15, 0.2) is 0 Å². The van der Waals surface area contributed by atoms with Crippen LogP contribution in [0.1, 0.15) is 12.5 Å². The lowest BCUT2D eigenvalue weighted by Crippen LogP contribution is -2.49. The summed E-state index contributed by atoms with van der Waals surface area (Å²) in [5.41, 5.74) is 0.925. The fourth-order valence-electron chi connectivity index (χ4n) is 2.67. The van der Waals surface area contributed by atoms with E-state index in [2.05, 4.69) is 10.6 Å². The van der Waals surface area contributed by atoms with Gasteiger partial charge < -0.3 is 24.8 Å². The molecular formula is C17H26N2O4. The lowest BCUT2D eigenvalue weighted by Gasteiger charge is -2.31. The summed E-state index contributed by atoms with van der Waals surface area (Å²) in [6.07, 6.45) is 0.637. The second kappa shape index (κ2) is 8.06. The fourth-order valence-corrected chi connectivity index (χ4v) is 2.67. The molecule has 1 aliphatic rings. The molecule has 6 heteroatoms. The smallest absolute Gasteiger partial charge is 0.223 e. The first-order valence-corrected chi connectivity index (χ1v) is 7.88. The van der Waals surface area contributed by atoms with Gasteiger partial charge in [-0.05, 0) is 25.4 Å². The molecule has 2 rings (SSSR count). The van der Waals surface area contributed by atoms with E-state index in [1.165, 1.54) is 0 Å². The third-order valence-electron chi connectivity index (χ3n) is 4.43. The first-order valence-electron chi connectivity index (χ1n) is 7.88. The van der Waals surface area contributed by atoms with Crippen LogP contribution in [0.25, 0.3) is 0 Å². The molecule has 6 nitrogen and oxygen atoms in total. The topological polar surface area (TPSA) is 68.8 Å². The van der Waals surface area contributed by atoms with E-state index in [9.17, 15) is 4.79 Å². The van der Waals surface area contributed by atoms with Crippen LogP contribution in [0.5, 0.6) is 17.2 Å². The number of amides is 1. The summed E-state index contributed by atoms with van der Waals surface area (Å²) in [7, 11) is 4.83. The molecule has 1 heterocycles. The predicted molar refractivity (Wildman–Crippen MR) is 88.3 cm³/mol. The maximum Gasteiger partial charge on any atom is 0.223 e. The van der Waals surface area contributed by atoms with Gasteiger partial charge in [-0.15, -0.1) is 0 Å². The number of hydrogen-bond donors (Lipinski definition) is 2. The minimum Gasteiger partial charge on any atom is -0.496 e. The van der Waals surface area contributed by atoms with Crippen molar-refractivity contribution < 1.29 is 19.0 Å². The number of benzene rings is 1. The molecule has 0 aliphatic carbocycles. The molecule has 1 aromatic rings. The molecule has 1 atom stereocenters. The molecular weight excluding hydrogens is 296 g/mol. The monoisotopic (exact) mass is 322 g/mol. The Morgan fingerprint density at radius 3 is 2.26 bits per heavy atom. The van der Waals surface area contributed by atoms with Crippen molar-refractivity contribution in [1.29, 1.82) is 0 Å². The highest BCUT2D eigenvalue weighted by Crippen LogP contribution is 2.34. The average molecular weight is 322 g/mol. The first-order chi connectivity index (χ1) is 11.1. The Hall–Kier alpha value is -1.95. The molecule has 0 radical (unpaired) electrons. The third-order valence-corrected chi connectivity index (χ3v) is 4.43. The Balaban J connectivity index is 1.97. The Labute approximate surface area is 137 Å². The highest BCUT2D eigenvalue weighted by molar-refractivity contribution is 5.78. The van der Waals surface area contributed by atoms with Crippen LogP contribution >= 0.6 is 0 Å². The van der Waals surface area contributed by atoms with Crippen molar-refractivity contribution >= 4 is 5.91 Å². The number of carbonyl (C=O) groups excluding carboxylic acids is 1. The van der Waals surface area contributed by atoms with Crippen molar-refractivity contribution in [2.75, 3.05) is 41.0 Å². The molecule has 1 saturated heterocycles. The minimum atomic E-state index is 0.0379. The van der Waals surface area contributed by atoms with Crippen LogP contribution in [0, 0.1) is 11.8 Å². The quantitative estimate of drug-likeness (QED) is 0.753. The van der Waals surface area contributed by atoms with Gasteiger partial charge >= 0.3 is 0 Å². The molecule has 1 aromatic carbocycles. The molecule has 1 aliphatic heterocycles. The summed E-state index contributed by atoms with van der Waals surface area (Å²) in [5, 5.41) is 6.20. The van der Waals surface area contributed by atoms with Gasteiger partial charge in [0.25, 0.3) is 0 Å². The van der Waals surface area contributed by atoms with Crippen molar-refractivity contribution in [2.45, 2.75) is 13.3 Å². The zero-order valence-corrected chi connectivity index (χ0v) is 14.3. The second-order valence-electron chi connectivity index (χ2n) is 5.76. The molecule has 1 unspecified atom stereocenters. The van der Waals surface area contributed by atoms with Crippen LogP contribution in [-0.4, -0.2) is 46.9 Å². The van der Waals surface area contributed by atoms with E-state index in [0.29, 0.717) is 36.1 Å². The summed E-state index contributed by atoms with van der Waals surface area (Å²) in [6, 6.07) is 3.64. The van der Waals surface area contributed by atoms with Crippen molar-refractivity contribution in [3.8, 4) is 17.2 Å². The van der Waals surface area contributed by atoms with Gasteiger partial charge in [-0.1, -0.05) is 6.92 Å². The van der Waals surface area contributed by atoms with Gasteiger partial charge in [0.2, 0.25) is 5.91 Å². The van der Waals surface area contributed by atoms with Gasteiger partial charge in [-0.3, -0.25) is 4.79 Å². The first kappa shape index (κ1) is 17.4. The van der Waals surface area contributed by atoms with Gasteiger partial charge in [-0.25, -0.2) is 0 Å². The van der Waals surface area contributed by atoms with Crippen molar-refractivity contribution in [2.24, 2.45) is 11.8 Å². The summed E-state index contributed by atoms with van der Waals surface area (Å²) in [5.74, 6) is 2.66. The number of nitrogens with one attached hydrogen (secondary N) is 2. The van der Waals surface area contributed by atoms with Crippen LogP contribution in [0.15, 0.2) is 12.1 Å².